The maximum absolute atomic E-state index is 13.1. The zero-order valence-corrected chi connectivity index (χ0v) is 13.5. The molecule has 0 aliphatic carbocycles. The first-order chi connectivity index (χ1) is 11.3. The van der Waals surface area contributed by atoms with Crippen LogP contribution in [-0.4, -0.2) is 23.4 Å². The smallest absolute Gasteiger partial charge is 0.430 e. The molecule has 1 aliphatic heterocycles. The van der Waals surface area contributed by atoms with Gasteiger partial charge in [0, 0.05) is 21.9 Å². The second kappa shape index (κ2) is 6.14. The van der Waals surface area contributed by atoms with E-state index in [2.05, 4.69) is 0 Å². The quantitative estimate of drug-likeness (QED) is 0.840. The van der Waals surface area contributed by atoms with Gasteiger partial charge in [0.15, 0.2) is 0 Å². The lowest BCUT2D eigenvalue weighted by atomic mass is 9.99. The second-order valence-electron chi connectivity index (χ2n) is 5.18. The molecule has 0 radical (unpaired) electrons. The van der Waals surface area contributed by atoms with E-state index in [9.17, 15) is 18.0 Å². The van der Waals surface area contributed by atoms with Crippen LogP contribution < -0.4 is 4.74 Å². The Kier molecular flexibility index (Phi) is 4.31. The number of alkyl halides is 3. The number of carboxylic acids is 1. The zero-order chi connectivity index (χ0) is 17.5. The summed E-state index contributed by atoms with van der Waals surface area (Å²) in [5.41, 5.74) is -0.0316. The molecule has 24 heavy (non-hydrogen) atoms. The minimum Gasteiger partial charge on any atom is -0.478 e. The van der Waals surface area contributed by atoms with Crippen molar-refractivity contribution in [2.75, 3.05) is 0 Å². The minimum absolute atomic E-state index is 0.0294. The van der Waals surface area contributed by atoms with E-state index in [4.69, 9.17) is 21.4 Å². The Morgan fingerprint density at radius 3 is 2.71 bits per heavy atom. The van der Waals surface area contributed by atoms with Gasteiger partial charge in [0.2, 0.25) is 6.10 Å². The molecular formula is C16H10ClF3O3S. The van der Waals surface area contributed by atoms with E-state index >= 15 is 0 Å². The standard InChI is InChI=1S/C16H10ClF3O3S/c17-12-6-9-5-11(15(21)22)14(16(18,19)20)23-13(9)7-8(12)4-10-2-1-3-24-10/h1-3,5-7,14H,4H2,(H,21,22). The number of hydrogen-bond acceptors (Lipinski definition) is 3. The summed E-state index contributed by atoms with van der Waals surface area (Å²) < 4.78 is 44.2. The van der Waals surface area contributed by atoms with Crippen LogP contribution in [0.2, 0.25) is 5.02 Å². The van der Waals surface area contributed by atoms with Gasteiger partial charge in [-0.2, -0.15) is 13.2 Å². The number of halogens is 4. The fourth-order valence-corrected chi connectivity index (χ4v) is 3.38. The van der Waals surface area contributed by atoms with Gasteiger partial charge < -0.3 is 9.84 Å². The van der Waals surface area contributed by atoms with Crippen molar-refractivity contribution in [2.45, 2.75) is 18.7 Å². The Morgan fingerprint density at radius 2 is 2.12 bits per heavy atom. The number of ether oxygens (including phenoxy) is 1. The van der Waals surface area contributed by atoms with E-state index in [-0.39, 0.29) is 11.3 Å². The maximum atomic E-state index is 13.1. The van der Waals surface area contributed by atoms with Gasteiger partial charge in [-0.15, -0.1) is 11.3 Å². The molecule has 0 saturated heterocycles. The van der Waals surface area contributed by atoms with Crippen molar-refractivity contribution in [2.24, 2.45) is 0 Å². The van der Waals surface area contributed by atoms with Crippen molar-refractivity contribution in [3.05, 3.63) is 56.2 Å². The van der Waals surface area contributed by atoms with Crippen molar-refractivity contribution in [1.82, 2.24) is 0 Å². The lowest BCUT2D eigenvalue weighted by Gasteiger charge is -2.27. The van der Waals surface area contributed by atoms with Gasteiger partial charge >= 0.3 is 12.1 Å². The molecule has 1 unspecified atom stereocenters. The fraction of sp³-hybridized carbons (Fsp3) is 0.188. The molecule has 2 aromatic rings. The highest BCUT2D eigenvalue weighted by molar-refractivity contribution is 7.09. The molecule has 3 rings (SSSR count). The first kappa shape index (κ1) is 16.9. The van der Waals surface area contributed by atoms with Crippen LogP contribution in [0.3, 0.4) is 0 Å². The largest absolute Gasteiger partial charge is 0.478 e. The topological polar surface area (TPSA) is 46.5 Å². The molecule has 0 fully saturated rings. The van der Waals surface area contributed by atoms with E-state index in [1.54, 1.807) is 0 Å². The van der Waals surface area contributed by atoms with Gasteiger partial charge in [0.25, 0.3) is 0 Å². The summed E-state index contributed by atoms with van der Waals surface area (Å²) in [6.45, 7) is 0. The minimum atomic E-state index is -4.82. The molecule has 126 valence electrons. The third-order valence-corrected chi connectivity index (χ3v) is 4.73. The monoisotopic (exact) mass is 374 g/mol. The summed E-state index contributed by atoms with van der Waals surface area (Å²) in [6, 6.07) is 6.62. The molecular weight excluding hydrogens is 365 g/mol. The van der Waals surface area contributed by atoms with Crippen molar-refractivity contribution in [3.8, 4) is 5.75 Å². The van der Waals surface area contributed by atoms with Crippen LogP contribution in [0.25, 0.3) is 6.08 Å². The Morgan fingerprint density at radius 1 is 1.38 bits per heavy atom. The molecule has 3 nitrogen and oxygen atoms in total. The average Bonchev–Trinajstić information content (AvgIpc) is 2.98. The van der Waals surface area contributed by atoms with Crippen LogP contribution in [0, 0.1) is 0 Å². The Hall–Kier alpha value is -1.99. The lowest BCUT2D eigenvalue weighted by Crippen LogP contribution is -2.40. The summed E-state index contributed by atoms with van der Waals surface area (Å²) in [4.78, 5) is 12.1. The molecule has 2 heterocycles. The molecule has 1 atom stereocenters. The summed E-state index contributed by atoms with van der Waals surface area (Å²) in [5.74, 6) is -1.71. The van der Waals surface area contributed by atoms with Gasteiger partial charge in [0.1, 0.15) is 5.75 Å². The van der Waals surface area contributed by atoms with Crippen LogP contribution in [0.15, 0.2) is 35.2 Å². The van der Waals surface area contributed by atoms with Crippen molar-refractivity contribution in [1.29, 1.82) is 0 Å². The van der Waals surface area contributed by atoms with Crippen LogP contribution >= 0.6 is 22.9 Å². The third kappa shape index (κ3) is 3.27. The predicted octanol–water partition coefficient (Wildman–Crippen LogP) is 4.78. The van der Waals surface area contributed by atoms with Crippen LogP contribution in [0.5, 0.6) is 5.75 Å². The number of hydrogen-bond donors (Lipinski definition) is 1. The molecule has 0 saturated carbocycles. The number of carbonyl (C=O) groups is 1. The van der Waals surface area contributed by atoms with E-state index in [1.807, 2.05) is 17.5 Å². The third-order valence-electron chi connectivity index (χ3n) is 3.51. The first-order valence-corrected chi connectivity index (χ1v) is 8.04. The van der Waals surface area contributed by atoms with Crippen LogP contribution in [0.1, 0.15) is 16.0 Å². The molecule has 0 bridgehead atoms. The van der Waals surface area contributed by atoms with Crippen molar-refractivity contribution >= 4 is 35.0 Å². The Bertz CT molecular complexity index is 813. The fourth-order valence-electron chi connectivity index (χ4n) is 2.41. The van der Waals surface area contributed by atoms with E-state index in [0.717, 1.165) is 11.0 Å². The summed E-state index contributed by atoms with van der Waals surface area (Å²) >= 11 is 7.69. The van der Waals surface area contributed by atoms with E-state index < -0.39 is 23.8 Å². The first-order valence-electron chi connectivity index (χ1n) is 6.79. The van der Waals surface area contributed by atoms with Gasteiger partial charge in [-0.1, -0.05) is 17.7 Å². The van der Waals surface area contributed by atoms with Gasteiger partial charge in [-0.3, -0.25) is 0 Å². The second-order valence-corrected chi connectivity index (χ2v) is 6.62. The average molecular weight is 375 g/mol. The van der Waals surface area contributed by atoms with Gasteiger partial charge in [0.05, 0.1) is 5.57 Å². The van der Waals surface area contributed by atoms with Gasteiger partial charge in [-0.25, -0.2) is 4.79 Å². The number of rotatable bonds is 3. The Labute approximate surface area is 143 Å². The normalized spacial score (nSPS) is 17.0. The highest BCUT2D eigenvalue weighted by Gasteiger charge is 2.48. The molecule has 1 N–H and O–H groups in total. The van der Waals surface area contributed by atoms with E-state index in [1.165, 1.54) is 23.5 Å². The van der Waals surface area contributed by atoms with Crippen LogP contribution in [0.4, 0.5) is 13.2 Å². The number of carboxylic acid groups (broad SMARTS) is 1. The SMILES string of the molecule is O=C(O)C1=Cc2cc(Cl)c(Cc3cccs3)cc2OC1C(F)(F)F. The summed E-state index contributed by atoms with van der Waals surface area (Å²) in [5, 5.41) is 11.2. The zero-order valence-electron chi connectivity index (χ0n) is 11.9. The van der Waals surface area contributed by atoms with E-state index in [0.29, 0.717) is 17.0 Å². The number of aliphatic carboxylic acids is 1. The lowest BCUT2D eigenvalue weighted by molar-refractivity contribution is -0.187. The molecule has 0 spiro atoms. The van der Waals surface area contributed by atoms with Gasteiger partial charge in [-0.05, 0) is 35.2 Å². The van der Waals surface area contributed by atoms with Crippen LogP contribution in [-0.2, 0) is 11.2 Å². The molecule has 1 aliphatic rings. The van der Waals surface area contributed by atoms with Crippen molar-refractivity contribution in [3.63, 3.8) is 0 Å². The maximum Gasteiger partial charge on any atom is 0.430 e. The number of benzene rings is 1. The van der Waals surface area contributed by atoms with Crippen molar-refractivity contribution < 1.29 is 27.8 Å². The predicted molar refractivity (Wildman–Crippen MR) is 84.7 cm³/mol. The molecule has 0 amide bonds. The summed E-state index contributed by atoms with van der Waals surface area (Å²) in [7, 11) is 0. The molecule has 1 aromatic carbocycles. The number of thiophene rings is 1. The highest BCUT2D eigenvalue weighted by Crippen LogP contribution is 2.39. The molecule has 8 heteroatoms. The number of fused-ring (bicyclic) bond motifs is 1. The molecule has 1 aromatic heterocycles. The Balaban J connectivity index is 2.03. The highest BCUT2D eigenvalue weighted by atomic mass is 35.5. The summed E-state index contributed by atoms with van der Waals surface area (Å²) in [6.07, 6.45) is -5.91.